The van der Waals surface area contributed by atoms with Crippen molar-refractivity contribution in [3.63, 3.8) is 0 Å². The van der Waals surface area contributed by atoms with E-state index in [1.807, 2.05) is 12.1 Å². The molecular weight excluding hydrogens is 312 g/mol. The van der Waals surface area contributed by atoms with Crippen molar-refractivity contribution >= 4 is 17.5 Å². The van der Waals surface area contributed by atoms with Crippen LogP contribution in [0.4, 0.5) is 5.69 Å². The van der Waals surface area contributed by atoms with Crippen LogP contribution in [-0.2, 0) is 6.42 Å². The molecule has 0 spiro atoms. The van der Waals surface area contributed by atoms with E-state index in [1.165, 1.54) is 36.1 Å². The molecule has 1 aliphatic rings. The molecule has 0 saturated carbocycles. The van der Waals surface area contributed by atoms with E-state index in [2.05, 4.69) is 24.4 Å². The molecule has 0 unspecified atom stereocenters. The second-order valence-corrected chi connectivity index (χ2v) is 6.43. The lowest BCUT2D eigenvalue weighted by Crippen LogP contribution is -2.34. The molecule has 2 aromatic carbocycles. The van der Waals surface area contributed by atoms with E-state index < -0.39 is 0 Å². The summed E-state index contributed by atoms with van der Waals surface area (Å²) in [6.07, 6.45) is 6.13. The minimum Gasteiger partial charge on any atom is -0.367 e. The molecule has 25 heavy (non-hydrogen) atoms. The number of carbonyl (C=O) groups excluding carboxylic acids is 2. The van der Waals surface area contributed by atoms with Crippen LogP contribution in [0.3, 0.4) is 0 Å². The molecule has 1 N–H and O–H groups in total. The van der Waals surface area contributed by atoms with Crippen molar-refractivity contribution in [3.05, 3.63) is 65.2 Å². The van der Waals surface area contributed by atoms with E-state index in [9.17, 15) is 9.59 Å². The summed E-state index contributed by atoms with van der Waals surface area (Å²) < 4.78 is 0. The lowest BCUT2D eigenvalue weighted by molar-refractivity contribution is 0.0666. The maximum Gasteiger partial charge on any atom is 0.263 e. The molecule has 0 aromatic heterocycles. The van der Waals surface area contributed by atoms with Gasteiger partial charge in [-0.2, -0.15) is 0 Å². The van der Waals surface area contributed by atoms with Crippen molar-refractivity contribution in [3.8, 4) is 0 Å². The summed E-state index contributed by atoms with van der Waals surface area (Å²) in [7, 11) is 0. The van der Waals surface area contributed by atoms with E-state index in [4.69, 9.17) is 0 Å². The lowest BCUT2D eigenvalue weighted by atomic mass is 10.1. The Morgan fingerprint density at radius 3 is 2.08 bits per heavy atom. The summed E-state index contributed by atoms with van der Waals surface area (Å²) in [5.41, 5.74) is 3.20. The van der Waals surface area contributed by atoms with E-state index in [0.717, 1.165) is 12.1 Å². The van der Waals surface area contributed by atoms with Gasteiger partial charge in [0.15, 0.2) is 0 Å². The molecular formula is C21H24N2O2. The van der Waals surface area contributed by atoms with Gasteiger partial charge in [-0.05, 0) is 42.7 Å². The minimum absolute atomic E-state index is 0.183. The predicted molar refractivity (Wildman–Crippen MR) is 99.7 cm³/mol. The van der Waals surface area contributed by atoms with Crippen molar-refractivity contribution in [2.75, 3.05) is 12.0 Å². The van der Waals surface area contributed by atoms with Crippen LogP contribution in [0.1, 0.15) is 58.9 Å². The number of unbranched alkanes of at least 4 members (excludes halogenated alkanes) is 3. The molecule has 0 fully saturated rings. The highest BCUT2D eigenvalue weighted by Crippen LogP contribution is 2.22. The number of aryl methyl sites for hydroxylation is 1. The van der Waals surface area contributed by atoms with Crippen LogP contribution in [-0.4, -0.2) is 23.4 Å². The molecule has 1 heterocycles. The highest BCUT2D eigenvalue weighted by molar-refractivity contribution is 6.21. The number of anilines is 1. The fourth-order valence-electron chi connectivity index (χ4n) is 3.10. The molecule has 0 atom stereocenters. The van der Waals surface area contributed by atoms with E-state index in [0.29, 0.717) is 11.1 Å². The van der Waals surface area contributed by atoms with Crippen LogP contribution >= 0.6 is 0 Å². The second kappa shape index (κ2) is 7.97. The summed E-state index contributed by atoms with van der Waals surface area (Å²) >= 11 is 0. The normalized spacial score (nSPS) is 13.2. The quantitative estimate of drug-likeness (QED) is 0.571. The Kier molecular flexibility index (Phi) is 5.49. The van der Waals surface area contributed by atoms with Gasteiger partial charge in [0.05, 0.1) is 17.8 Å². The molecule has 0 radical (unpaired) electrons. The topological polar surface area (TPSA) is 49.4 Å². The van der Waals surface area contributed by atoms with Crippen molar-refractivity contribution in [2.24, 2.45) is 0 Å². The highest BCUT2D eigenvalue weighted by atomic mass is 16.2. The van der Waals surface area contributed by atoms with Gasteiger partial charge in [-0.25, -0.2) is 0 Å². The summed E-state index contributed by atoms with van der Waals surface area (Å²) in [4.78, 5) is 25.9. The van der Waals surface area contributed by atoms with Gasteiger partial charge in [0.2, 0.25) is 0 Å². The number of hydrogen-bond donors (Lipinski definition) is 1. The Bertz CT molecular complexity index is 718. The van der Waals surface area contributed by atoms with Crippen molar-refractivity contribution in [1.29, 1.82) is 0 Å². The molecule has 2 aromatic rings. The number of fused-ring (bicyclic) bond motifs is 1. The Morgan fingerprint density at radius 1 is 0.840 bits per heavy atom. The van der Waals surface area contributed by atoms with E-state index in [1.54, 1.807) is 24.3 Å². The second-order valence-electron chi connectivity index (χ2n) is 6.43. The zero-order chi connectivity index (χ0) is 17.6. The van der Waals surface area contributed by atoms with Gasteiger partial charge >= 0.3 is 0 Å². The third-order valence-electron chi connectivity index (χ3n) is 4.59. The van der Waals surface area contributed by atoms with Crippen LogP contribution in [0.2, 0.25) is 0 Å². The molecule has 0 aliphatic carbocycles. The smallest absolute Gasteiger partial charge is 0.263 e. The number of rotatable bonds is 8. The first-order chi connectivity index (χ1) is 12.2. The van der Waals surface area contributed by atoms with Gasteiger partial charge in [-0.1, -0.05) is 50.5 Å². The third kappa shape index (κ3) is 3.90. The number of benzene rings is 2. The Labute approximate surface area is 148 Å². The standard InChI is InChI=1S/C21H24N2O2/c1-2-3-4-5-8-16-11-13-17(14-12-16)22-15-23-20(24)18-9-6-7-10-19(18)21(23)25/h6-7,9-14,22H,2-5,8,15H2,1H3. The summed E-state index contributed by atoms with van der Waals surface area (Å²) in [6, 6.07) is 15.2. The molecule has 130 valence electrons. The third-order valence-corrected chi connectivity index (χ3v) is 4.59. The molecule has 2 amide bonds. The van der Waals surface area contributed by atoms with Gasteiger partial charge in [0, 0.05) is 5.69 Å². The van der Waals surface area contributed by atoms with Gasteiger partial charge in [-0.3, -0.25) is 14.5 Å². The first-order valence-electron chi connectivity index (χ1n) is 8.98. The van der Waals surface area contributed by atoms with Crippen LogP contribution < -0.4 is 5.32 Å². The van der Waals surface area contributed by atoms with Crippen LogP contribution in [0.25, 0.3) is 0 Å². The molecule has 3 rings (SSSR count). The number of carbonyl (C=O) groups is 2. The maximum atomic E-state index is 12.3. The SMILES string of the molecule is CCCCCCc1ccc(NCN2C(=O)c3ccccc3C2=O)cc1. The molecule has 1 aliphatic heterocycles. The fourth-order valence-corrected chi connectivity index (χ4v) is 3.10. The lowest BCUT2D eigenvalue weighted by Gasteiger charge is -2.16. The minimum atomic E-state index is -0.236. The van der Waals surface area contributed by atoms with E-state index >= 15 is 0 Å². The zero-order valence-corrected chi connectivity index (χ0v) is 14.6. The predicted octanol–water partition coefficient (Wildman–Crippen LogP) is 4.48. The maximum absolute atomic E-state index is 12.3. The Hall–Kier alpha value is -2.62. The number of nitrogens with one attached hydrogen (secondary N) is 1. The molecule has 0 bridgehead atoms. The molecule has 4 heteroatoms. The zero-order valence-electron chi connectivity index (χ0n) is 14.6. The Morgan fingerprint density at radius 2 is 1.48 bits per heavy atom. The summed E-state index contributed by atoms with van der Waals surface area (Å²) in [5.74, 6) is -0.471. The van der Waals surface area contributed by atoms with Crippen molar-refractivity contribution in [1.82, 2.24) is 4.90 Å². The van der Waals surface area contributed by atoms with Gasteiger partial charge in [0.1, 0.15) is 0 Å². The summed E-state index contributed by atoms with van der Waals surface area (Å²) in [6.45, 7) is 2.40. The summed E-state index contributed by atoms with van der Waals surface area (Å²) in [5, 5.41) is 3.17. The number of nitrogens with zero attached hydrogens (tertiary/aromatic N) is 1. The largest absolute Gasteiger partial charge is 0.367 e. The highest BCUT2D eigenvalue weighted by Gasteiger charge is 2.34. The first-order valence-corrected chi connectivity index (χ1v) is 8.98. The monoisotopic (exact) mass is 336 g/mol. The first kappa shape index (κ1) is 17.2. The van der Waals surface area contributed by atoms with Crippen molar-refractivity contribution < 1.29 is 9.59 Å². The molecule has 4 nitrogen and oxygen atoms in total. The van der Waals surface area contributed by atoms with Crippen LogP contribution in [0, 0.1) is 0 Å². The average molecular weight is 336 g/mol. The van der Waals surface area contributed by atoms with Crippen molar-refractivity contribution in [2.45, 2.75) is 39.0 Å². The van der Waals surface area contributed by atoms with E-state index in [-0.39, 0.29) is 18.5 Å². The van der Waals surface area contributed by atoms with Gasteiger partial charge in [0.25, 0.3) is 11.8 Å². The van der Waals surface area contributed by atoms with Crippen LogP contribution in [0.15, 0.2) is 48.5 Å². The number of amides is 2. The Balaban J connectivity index is 1.54. The average Bonchev–Trinajstić information content (AvgIpc) is 2.89. The number of imide groups is 1. The fraction of sp³-hybridized carbons (Fsp3) is 0.333. The van der Waals surface area contributed by atoms with Crippen LogP contribution in [0.5, 0.6) is 0 Å². The number of hydrogen-bond acceptors (Lipinski definition) is 3. The van der Waals surface area contributed by atoms with Gasteiger partial charge in [-0.15, -0.1) is 0 Å². The molecule has 0 saturated heterocycles. The van der Waals surface area contributed by atoms with Gasteiger partial charge < -0.3 is 5.32 Å².